The van der Waals surface area contributed by atoms with Gasteiger partial charge in [-0.05, 0) is 141 Å². The van der Waals surface area contributed by atoms with Crippen molar-refractivity contribution in [2.75, 3.05) is 39.9 Å². The minimum Gasteiger partial charge on any atom is -0.465 e. The van der Waals surface area contributed by atoms with Crippen molar-refractivity contribution in [2.45, 2.75) is 58.3 Å². The second-order valence-corrected chi connectivity index (χ2v) is 13.8. The van der Waals surface area contributed by atoms with E-state index in [1.165, 1.54) is 62.8 Å². The number of rotatable bonds is 2. The maximum atomic E-state index is 12.0. The minimum absolute atomic E-state index is 0.231. The van der Waals surface area contributed by atoms with Gasteiger partial charge in [0, 0.05) is 36.6 Å². The number of ether oxygens (including phenoxy) is 2. The lowest BCUT2D eigenvalue weighted by Crippen LogP contribution is -2.37. The van der Waals surface area contributed by atoms with Gasteiger partial charge >= 0.3 is 12.1 Å². The Kier molecular flexibility index (Phi) is 11.1. The molecule has 1 N–H and O–H groups in total. The lowest BCUT2D eigenvalue weighted by Gasteiger charge is -2.29. The number of piperidine rings is 2. The highest BCUT2D eigenvalue weighted by atomic mass is 16.6. The van der Waals surface area contributed by atoms with Gasteiger partial charge in [-0.2, -0.15) is 5.26 Å². The molecule has 0 spiro atoms. The topological polar surface area (TPSA) is 117 Å². The lowest BCUT2D eigenvalue weighted by molar-refractivity contribution is 0.0600. The molecule has 4 heterocycles. The number of methoxy groups -OCH3 is 1. The quantitative estimate of drug-likeness (QED) is 0.217. The van der Waals surface area contributed by atoms with Crippen molar-refractivity contribution in [1.82, 2.24) is 20.2 Å². The average molecular weight is 708 g/mol. The van der Waals surface area contributed by atoms with E-state index in [-0.39, 0.29) is 12.1 Å². The molecule has 0 radical (unpaired) electrons. The smallest absolute Gasteiger partial charge is 0.409 e. The Balaban J connectivity index is 0.000000165. The zero-order chi connectivity index (χ0) is 36.7. The molecule has 8 rings (SSSR count). The molecule has 1 amide bonds. The highest BCUT2D eigenvalue weighted by Crippen LogP contribution is 2.39. The highest BCUT2D eigenvalue weighted by molar-refractivity contribution is 5.92. The zero-order valence-electron chi connectivity index (χ0n) is 30.5. The van der Waals surface area contributed by atoms with Crippen LogP contribution in [0.1, 0.15) is 93.3 Å². The summed E-state index contributed by atoms with van der Waals surface area (Å²) in [5.74, 6) is -0.279. The number of carbonyl (C=O) groups is 2. The van der Waals surface area contributed by atoms with Crippen LogP contribution < -0.4 is 5.32 Å². The van der Waals surface area contributed by atoms with Crippen molar-refractivity contribution in [1.29, 1.82) is 5.26 Å². The first-order chi connectivity index (χ1) is 26.0. The Bertz CT molecular complexity index is 2130. The molecule has 0 atom stereocenters. The third-order valence-corrected chi connectivity index (χ3v) is 10.7. The normalized spacial score (nSPS) is 16.3. The van der Waals surface area contributed by atoms with E-state index in [9.17, 15) is 14.9 Å². The number of pyridine rings is 2. The van der Waals surface area contributed by atoms with E-state index >= 15 is 0 Å². The maximum Gasteiger partial charge on any atom is 0.409 e. The summed E-state index contributed by atoms with van der Waals surface area (Å²) in [5.41, 5.74) is 16.1. The Labute approximate surface area is 311 Å². The second kappa shape index (κ2) is 16.4. The van der Waals surface area contributed by atoms with Crippen molar-refractivity contribution in [3.05, 3.63) is 140 Å². The number of amides is 1. The van der Waals surface area contributed by atoms with Crippen LogP contribution >= 0.6 is 0 Å². The number of likely N-dealkylation sites (tertiary alicyclic amines) is 1. The van der Waals surface area contributed by atoms with Crippen LogP contribution in [0.25, 0.3) is 11.1 Å². The number of hydrogen-bond donors (Lipinski definition) is 1. The van der Waals surface area contributed by atoms with Gasteiger partial charge in [-0.25, -0.2) is 9.59 Å². The number of aryl methyl sites for hydroxylation is 4. The molecule has 4 aliphatic rings. The molecule has 53 heavy (non-hydrogen) atoms. The van der Waals surface area contributed by atoms with Gasteiger partial charge in [0.15, 0.2) is 0 Å². The molecule has 2 aliphatic carbocycles. The van der Waals surface area contributed by atoms with Crippen LogP contribution in [-0.2, 0) is 35.2 Å². The fourth-order valence-corrected chi connectivity index (χ4v) is 8.05. The van der Waals surface area contributed by atoms with Crippen molar-refractivity contribution in [3.63, 3.8) is 0 Å². The van der Waals surface area contributed by atoms with Gasteiger partial charge in [-0.1, -0.05) is 35.4 Å². The number of esters is 1. The van der Waals surface area contributed by atoms with E-state index < -0.39 is 0 Å². The minimum atomic E-state index is -0.279. The van der Waals surface area contributed by atoms with E-state index in [4.69, 9.17) is 19.4 Å². The summed E-state index contributed by atoms with van der Waals surface area (Å²) in [7, 11) is 1.43. The first kappa shape index (κ1) is 35.8. The number of nitrogens with one attached hydrogen (secondary N) is 1. The number of benzene rings is 2. The summed E-state index contributed by atoms with van der Waals surface area (Å²) in [6, 6.07) is 22.5. The fourth-order valence-electron chi connectivity index (χ4n) is 8.05. The van der Waals surface area contributed by atoms with Crippen LogP contribution in [0.5, 0.6) is 0 Å². The fraction of sp³-hybridized carbons (Fsp3) is 0.341. The number of nitriles is 1. The molecule has 2 aliphatic heterocycles. The van der Waals surface area contributed by atoms with Crippen LogP contribution in [0.2, 0.25) is 0 Å². The van der Waals surface area contributed by atoms with Gasteiger partial charge in [0.05, 0.1) is 42.3 Å². The van der Waals surface area contributed by atoms with E-state index in [0.29, 0.717) is 30.8 Å². The van der Waals surface area contributed by atoms with Crippen LogP contribution in [0, 0.1) is 11.3 Å². The van der Waals surface area contributed by atoms with E-state index in [2.05, 4.69) is 35.7 Å². The van der Waals surface area contributed by atoms with E-state index in [1.807, 2.05) is 55.7 Å². The molecule has 9 nitrogen and oxygen atoms in total. The first-order valence-electron chi connectivity index (χ1n) is 18.7. The molecule has 2 fully saturated rings. The number of hydrogen-bond acceptors (Lipinski definition) is 8. The molecule has 2 aromatic carbocycles. The molecule has 9 heteroatoms. The average Bonchev–Trinajstić information content (AvgIpc) is 3.49. The summed E-state index contributed by atoms with van der Waals surface area (Å²) >= 11 is 0. The molecule has 4 aromatic rings. The van der Waals surface area contributed by atoms with E-state index in [1.54, 1.807) is 4.90 Å². The molecule has 270 valence electrons. The SMILES string of the molecule is CCOC(=O)N1CCC(=C2c3ccc(C#N)cc3CCc3cccnc32)CC1.COC(=O)c1ccc2c(c1)CCc1cccnc1C2=C1CCNCC1. The van der Waals surface area contributed by atoms with Gasteiger partial charge in [0.1, 0.15) is 0 Å². The summed E-state index contributed by atoms with van der Waals surface area (Å²) in [6.45, 7) is 5.56. The molecular weight excluding hydrogens is 663 g/mol. The summed E-state index contributed by atoms with van der Waals surface area (Å²) < 4.78 is 10.0. The third kappa shape index (κ3) is 7.65. The molecule has 2 aromatic heterocycles. The molecule has 2 saturated heterocycles. The van der Waals surface area contributed by atoms with Crippen molar-refractivity contribution < 1.29 is 19.1 Å². The summed E-state index contributed by atoms with van der Waals surface area (Å²) in [5, 5.41) is 12.7. The third-order valence-electron chi connectivity index (χ3n) is 10.7. The van der Waals surface area contributed by atoms with Crippen molar-refractivity contribution in [3.8, 4) is 6.07 Å². The van der Waals surface area contributed by atoms with Crippen LogP contribution in [0.15, 0.2) is 84.2 Å². The van der Waals surface area contributed by atoms with Gasteiger partial charge in [0.2, 0.25) is 0 Å². The predicted octanol–water partition coefficient (Wildman–Crippen LogP) is 7.26. The second-order valence-electron chi connectivity index (χ2n) is 13.8. The first-order valence-corrected chi connectivity index (χ1v) is 18.7. The van der Waals surface area contributed by atoms with Crippen molar-refractivity contribution >= 4 is 23.2 Å². The van der Waals surface area contributed by atoms with E-state index in [0.717, 1.165) is 75.8 Å². The lowest BCUT2D eigenvalue weighted by atomic mass is 9.88. The van der Waals surface area contributed by atoms with Gasteiger partial charge in [-0.15, -0.1) is 0 Å². The molecule has 0 bridgehead atoms. The molecular formula is C44H45N5O4. The summed E-state index contributed by atoms with van der Waals surface area (Å²) in [6.07, 6.45) is 10.9. The van der Waals surface area contributed by atoms with Crippen LogP contribution in [-0.4, -0.2) is 66.8 Å². The molecule has 0 saturated carbocycles. The maximum absolute atomic E-state index is 12.0. The molecule has 0 unspecified atom stereocenters. The van der Waals surface area contributed by atoms with Crippen molar-refractivity contribution in [2.24, 2.45) is 0 Å². The van der Waals surface area contributed by atoms with Gasteiger partial charge in [0.25, 0.3) is 0 Å². The van der Waals surface area contributed by atoms with Gasteiger partial charge < -0.3 is 19.7 Å². The Morgan fingerprint density at radius 1 is 0.755 bits per heavy atom. The Morgan fingerprint density at radius 2 is 1.32 bits per heavy atom. The standard InChI is InChI=1S/C23H23N3O2.C21H22N2O2/c1-2-28-23(27)26-12-9-17(10-13-26)21-20-8-5-16(15-24)14-19(20)7-6-18-4-3-11-25-22(18)21;1-25-21(24)17-6-7-18-16(13-17)5-4-15-3-2-10-23-20(15)19(18)14-8-11-22-12-9-14/h3-5,8,11,14H,2,6-7,9-10,12-13H2,1H3;2-3,6-7,10,13,22H,4-5,8-9,11-12H2,1H3. The van der Waals surface area contributed by atoms with Gasteiger partial charge in [-0.3, -0.25) is 9.97 Å². The van der Waals surface area contributed by atoms with Crippen LogP contribution in [0.3, 0.4) is 0 Å². The number of aromatic nitrogens is 2. The van der Waals surface area contributed by atoms with Crippen LogP contribution in [0.4, 0.5) is 4.79 Å². The highest BCUT2D eigenvalue weighted by Gasteiger charge is 2.28. The zero-order valence-corrected chi connectivity index (χ0v) is 30.5. The number of fused-ring (bicyclic) bond motifs is 4. The largest absolute Gasteiger partial charge is 0.465 e. The number of nitrogens with zero attached hydrogens (tertiary/aromatic N) is 4. The summed E-state index contributed by atoms with van der Waals surface area (Å²) in [4.78, 5) is 35.2. The Hall–Kier alpha value is -5.59. The Morgan fingerprint density at radius 3 is 1.91 bits per heavy atom. The monoisotopic (exact) mass is 707 g/mol. The number of carbonyl (C=O) groups excluding carboxylic acids is 2. The predicted molar refractivity (Wildman–Crippen MR) is 204 cm³/mol.